The van der Waals surface area contributed by atoms with Gasteiger partial charge >= 0.3 is 0 Å². The van der Waals surface area contributed by atoms with Crippen molar-refractivity contribution in [2.45, 2.75) is 102 Å². The van der Waals surface area contributed by atoms with Crippen LogP contribution in [0, 0.1) is 36.5 Å². The van der Waals surface area contributed by atoms with E-state index in [1.807, 2.05) is 44.3 Å². The van der Waals surface area contributed by atoms with Gasteiger partial charge in [0, 0.05) is 39.4 Å². The fraction of sp³-hybridized carbons (Fsp3) is 0.639. The van der Waals surface area contributed by atoms with Gasteiger partial charge in [-0.25, -0.2) is 0 Å². The maximum atomic E-state index is 13.8. The largest absolute Gasteiger partial charge is 0.389 e. The molecule has 0 radical (unpaired) electrons. The highest BCUT2D eigenvalue weighted by Crippen LogP contribution is 2.28. The molecule has 1 saturated carbocycles. The van der Waals surface area contributed by atoms with E-state index in [9.17, 15) is 24.6 Å². The summed E-state index contributed by atoms with van der Waals surface area (Å²) >= 11 is 0. The first-order valence-corrected chi connectivity index (χ1v) is 16.4. The molecule has 0 aromatic heterocycles. The van der Waals surface area contributed by atoms with Crippen LogP contribution in [0.25, 0.3) is 0 Å². The molecule has 0 aliphatic heterocycles. The van der Waals surface area contributed by atoms with Crippen LogP contribution in [0.1, 0.15) is 76.7 Å². The highest BCUT2D eigenvalue weighted by molar-refractivity contribution is 5.91. The van der Waals surface area contributed by atoms with Gasteiger partial charge in [0.15, 0.2) is 0 Å². The van der Waals surface area contributed by atoms with Crippen LogP contribution in [0.4, 0.5) is 0 Å². The average molecular weight is 623 g/mol. The monoisotopic (exact) mass is 622 g/mol. The van der Waals surface area contributed by atoms with Crippen LogP contribution < -0.4 is 10.6 Å². The standard InChI is InChI=1S/C36H54N4O5/c1-6-9-21-30(36(45)38-31(34(43)32(41)16-7-2)25-28-19-14-11-15-20-28)37-35(44)29(24-27-17-12-10-13-18-27)26-33(42)40(5)23-22-39(4)8-3/h1-2,10,12-13,17-18,28-32,34,41,43H,8-9,11,14-16,19-26H2,3-5H3,(H,37,44)(H,38,45)/t29-,30+,31+,32+,34-/m1/s1. The molecule has 2 rings (SSSR count). The van der Waals surface area contributed by atoms with Gasteiger partial charge in [-0.2, -0.15) is 0 Å². The van der Waals surface area contributed by atoms with Crippen LogP contribution in [-0.4, -0.2) is 95.8 Å². The zero-order chi connectivity index (χ0) is 33.2. The van der Waals surface area contributed by atoms with E-state index in [0.29, 0.717) is 31.8 Å². The van der Waals surface area contributed by atoms with E-state index in [1.54, 1.807) is 11.9 Å². The Morgan fingerprint density at radius 3 is 2.29 bits per heavy atom. The fourth-order valence-electron chi connectivity index (χ4n) is 5.77. The second-order valence-corrected chi connectivity index (χ2v) is 12.4. The first kappa shape index (κ1) is 37.8. The molecule has 0 spiro atoms. The molecule has 0 bridgehead atoms. The van der Waals surface area contributed by atoms with Crippen molar-refractivity contribution in [3.05, 3.63) is 35.9 Å². The lowest BCUT2D eigenvalue weighted by Crippen LogP contribution is -2.56. The van der Waals surface area contributed by atoms with Crippen LogP contribution in [-0.2, 0) is 20.8 Å². The molecule has 1 aliphatic rings. The maximum Gasteiger partial charge on any atom is 0.242 e. The van der Waals surface area contributed by atoms with Gasteiger partial charge in [-0.15, -0.1) is 24.7 Å². The SMILES string of the molecule is C#CCC[C@H](NC(=O)[C@@H](CC(=O)N(C)CCN(C)CC)Cc1ccccc1)C(=O)N[C@@H](CC1CCCCC1)[C@@H](O)[C@@H](O)CC#C. The fourth-order valence-corrected chi connectivity index (χ4v) is 5.77. The van der Waals surface area contributed by atoms with Crippen molar-refractivity contribution < 1.29 is 24.6 Å². The average Bonchev–Trinajstić information content (AvgIpc) is 3.05. The molecule has 0 saturated heterocycles. The van der Waals surface area contributed by atoms with Crippen LogP contribution in [0.5, 0.6) is 0 Å². The van der Waals surface area contributed by atoms with Crippen LogP contribution in [0.15, 0.2) is 30.3 Å². The van der Waals surface area contributed by atoms with E-state index in [4.69, 9.17) is 12.8 Å². The highest BCUT2D eigenvalue weighted by Gasteiger charge is 2.34. The number of benzene rings is 1. The highest BCUT2D eigenvalue weighted by atomic mass is 16.3. The Balaban J connectivity index is 2.23. The van der Waals surface area contributed by atoms with Crippen molar-refractivity contribution in [2.24, 2.45) is 11.8 Å². The molecule has 1 aliphatic carbocycles. The minimum absolute atomic E-state index is 0.0160. The van der Waals surface area contributed by atoms with E-state index < -0.39 is 42.0 Å². The number of carbonyl (C=O) groups is 3. The number of terminal acetylenes is 2. The molecular weight excluding hydrogens is 568 g/mol. The lowest BCUT2D eigenvalue weighted by molar-refractivity contribution is -0.137. The van der Waals surface area contributed by atoms with Crippen molar-refractivity contribution in [3.8, 4) is 24.7 Å². The quantitative estimate of drug-likeness (QED) is 0.176. The molecule has 0 heterocycles. The molecule has 0 unspecified atom stereocenters. The molecule has 1 fully saturated rings. The third-order valence-corrected chi connectivity index (χ3v) is 8.88. The van der Waals surface area contributed by atoms with Crippen molar-refractivity contribution in [3.63, 3.8) is 0 Å². The van der Waals surface area contributed by atoms with E-state index >= 15 is 0 Å². The number of nitrogens with zero attached hydrogens (tertiary/aromatic N) is 2. The van der Waals surface area contributed by atoms with Gasteiger partial charge in [0.1, 0.15) is 12.1 Å². The Hall–Kier alpha value is -3.37. The summed E-state index contributed by atoms with van der Waals surface area (Å²) in [5.41, 5.74) is 0.904. The molecule has 9 nitrogen and oxygen atoms in total. The molecule has 1 aromatic rings. The first-order chi connectivity index (χ1) is 21.6. The third-order valence-electron chi connectivity index (χ3n) is 8.88. The molecular formula is C36H54N4O5. The van der Waals surface area contributed by atoms with Gasteiger partial charge in [0.25, 0.3) is 0 Å². The smallest absolute Gasteiger partial charge is 0.242 e. The van der Waals surface area contributed by atoms with Gasteiger partial charge in [-0.3, -0.25) is 14.4 Å². The molecule has 45 heavy (non-hydrogen) atoms. The summed E-state index contributed by atoms with van der Waals surface area (Å²) < 4.78 is 0. The molecule has 4 N–H and O–H groups in total. The summed E-state index contributed by atoms with van der Waals surface area (Å²) in [5.74, 6) is 3.44. The zero-order valence-electron chi connectivity index (χ0n) is 27.4. The molecule has 3 amide bonds. The van der Waals surface area contributed by atoms with Gasteiger partial charge in [-0.1, -0.05) is 69.4 Å². The number of aliphatic hydroxyl groups excluding tert-OH is 2. The number of rotatable bonds is 19. The van der Waals surface area contributed by atoms with Gasteiger partial charge in [-0.05, 0) is 44.3 Å². The normalized spacial score (nSPS) is 16.8. The maximum absolute atomic E-state index is 13.8. The lowest BCUT2D eigenvalue weighted by Gasteiger charge is -2.33. The number of carbonyl (C=O) groups excluding carboxylic acids is 3. The lowest BCUT2D eigenvalue weighted by atomic mass is 9.82. The summed E-state index contributed by atoms with van der Waals surface area (Å²) in [6.45, 7) is 4.16. The number of amides is 3. The number of hydrogen-bond donors (Lipinski definition) is 4. The Bertz CT molecular complexity index is 1120. The number of likely N-dealkylation sites (N-methyl/N-ethyl adjacent to an activating group) is 2. The Morgan fingerprint density at radius 2 is 1.67 bits per heavy atom. The number of hydrogen-bond acceptors (Lipinski definition) is 6. The Morgan fingerprint density at radius 1 is 0.978 bits per heavy atom. The van der Waals surface area contributed by atoms with Crippen molar-refractivity contribution >= 4 is 17.7 Å². The van der Waals surface area contributed by atoms with Crippen molar-refractivity contribution in [1.29, 1.82) is 0 Å². The Kier molecular flexibility index (Phi) is 17.3. The summed E-state index contributed by atoms with van der Waals surface area (Å²) in [7, 11) is 3.72. The first-order valence-electron chi connectivity index (χ1n) is 16.4. The van der Waals surface area contributed by atoms with Gasteiger partial charge in [0.2, 0.25) is 17.7 Å². The number of aliphatic hydroxyl groups is 2. The van der Waals surface area contributed by atoms with Crippen LogP contribution in [0.3, 0.4) is 0 Å². The van der Waals surface area contributed by atoms with Gasteiger partial charge < -0.3 is 30.6 Å². The molecule has 9 heteroatoms. The molecule has 5 atom stereocenters. The second kappa shape index (κ2) is 20.6. The Labute approximate surface area is 270 Å². The number of nitrogens with one attached hydrogen (secondary N) is 2. The van der Waals surface area contributed by atoms with Gasteiger partial charge in [0.05, 0.1) is 18.1 Å². The van der Waals surface area contributed by atoms with E-state index in [-0.39, 0.29) is 31.6 Å². The van der Waals surface area contributed by atoms with Crippen molar-refractivity contribution in [2.75, 3.05) is 33.7 Å². The van der Waals surface area contributed by atoms with Crippen LogP contribution >= 0.6 is 0 Å². The predicted molar refractivity (Wildman–Crippen MR) is 178 cm³/mol. The van der Waals surface area contributed by atoms with E-state index in [1.165, 1.54) is 0 Å². The third kappa shape index (κ3) is 13.7. The minimum atomic E-state index is -1.26. The molecule has 1 aromatic carbocycles. The predicted octanol–water partition coefficient (Wildman–Crippen LogP) is 2.74. The summed E-state index contributed by atoms with van der Waals surface area (Å²) in [4.78, 5) is 44.5. The summed E-state index contributed by atoms with van der Waals surface area (Å²) in [6.07, 6.45) is 14.9. The minimum Gasteiger partial charge on any atom is -0.389 e. The summed E-state index contributed by atoms with van der Waals surface area (Å²) in [6, 6.07) is 7.75. The zero-order valence-corrected chi connectivity index (χ0v) is 27.4. The van der Waals surface area contributed by atoms with E-state index in [2.05, 4.69) is 27.4 Å². The topological polar surface area (TPSA) is 122 Å². The van der Waals surface area contributed by atoms with Crippen LogP contribution in [0.2, 0.25) is 0 Å². The van der Waals surface area contributed by atoms with Crippen molar-refractivity contribution in [1.82, 2.24) is 20.4 Å². The molecule has 248 valence electrons. The summed E-state index contributed by atoms with van der Waals surface area (Å²) in [5, 5.41) is 27.3. The second-order valence-electron chi connectivity index (χ2n) is 12.4. The van der Waals surface area contributed by atoms with E-state index in [0.717, 1.165) is 44.2 Å².